The van der Waals surface area contributed by atoms with E-state index in [2.05, 4.69) is 0 Å². The third kappa shape index (κ3) is 9.71. The lowest BCUT2D eigenvalue weighted by Gasteiger charge is -2.20. The van der Waals surface area contributed by atoms with Crippen LogP contribution in [-0.2, 0) is 45.1 Å². The lowest BCUT2D eigenvalue weighted by molar-refractivity contribution is -0.145. The number of aryl methyl sites for hydroxylation is 2. The van der Waals surface area contributed by atoms with Crippen molar-refractivity contribution in [2.24, 2.45) is 0 Å². The molecule has 12 heteroatoms. The number of carbonyl (C=O) groups is 2. The van der Waals surface area contributed by atoms with E-state index in [1.54, 1.807) is 81.1 Å². The molecule has 4 aromatic rings. The van der Waals surface area contributed by atoms with Gasteiger partial charge in [-0.25, -0.2) is 0 Å². The van der Waals surface area contributed by atoms with E-state index in [1.165, 1.54) is 0 Å². The van der Waals surface area contributed by atoms with Crippen LogP contribution in [0.1, 0.15) is 35.1 Å². The maximum absolute atomic E-state index is 13.0. The van der Waals surface area contributed by atoms with Gasteiger partial charge in [-0.3, -0.25) is 9.59 Å². The zero-order valence-corrected chi connectivity index (χ0v) is 30.9. The van der Waals surface area contributed by atoms with Gasteiger partial charge in [0, 0.05) is 12.8 Å². The molecule has 0 aliphatic heterocycles. The quantitative estimate of drug-likeness (QED) is 0.0950. The monoisotopic (exact) mass is 718 g/mol. The second-order valence-corrected chi connectivity index (χ2v) is 11.4. The average Bonchev–Trinajstić information content (AvgIpc) is 3.19. The largest absolute Gasteiger partial charge is 0.493 e. The molecule has 0 saturated carbocycles. The summed E-state index contributed by atoms with van der Waals surface area (Å²) in [5, 5.41) is 0. The van der Waals surface area contributed by atoms with Gasteiger partial charge in [-0.2, -0.15) is 0 Å². The molecule has 0 spiro atoms. The summed E-state index contributed by atoms with van der Waals surface area (Å²) in [6.07, 6.45) is 0.810. The third-order valence-corrected chi connectivity index (χ3v) is 8.40. The first-order chi connectivity index (χ1) is 25.2. The summed E-state index contributed by atoms with van der Waals surface area (Å²) in [4.78, 5) is 26.0. The van der Waals surface area contributed by atoms with Gasteiger partial charge in [0.05, 0.1) is 56.9 Å². The van der Waals surface area contributed by atoms with Crippen molar-refractivity contribution in [3.8, 4) is 57.1 Å². The van der Waals surface area contributed by atoms with Crippen LogP contribution in [0, 0.1) is 0 Å². The number of rotatable bonds is 19. The van der Waals surface area contributed by atoms with Crippen molar-refractivity contribution in [2.45, 2.75) is 38.9 Å². The number of ether oxygens (including phenoxy) is 10. The first-order valence-electron chi connectivity index (χ1n) is 16.4. The second kappa shape index (κ2) is 19.0. The van der Waals surface area contributed by atoms with Crippen LogP contribution in [0.5, 0.6) is 46.0 Å². The molecule has 4 aromatic carbocycles. The van der Waals surface area contributed by atoms with E-state index < -0.39 is 0 Å². The predicted octanol–water partition coefficient (Wildman–Crippen LogP) is 6.77. The molecule has 0 fully saturated rings. The average molecular weight is 719 g/mol. The van der Waals surface area contributed by atoms with E-state index in [9.17, 15) is 9.59 Å². The van der Waals surface area contributed by atoms with Crippen molar-refractivity contribution in [3.63, 3.8) is 0 Å². The summed E-state index contributed by atoms with van der Waals surface area (Å²) in [5.74, 6) is 3.46. The first-order valence-corrected chi connectivity index (χ1v) is 16.4. The lowest BCUT2D eigenvalue weighted by Crippen LogP contribution is -2.08. The van der Waals surface area contributed by atoms with E-state index in [0.717, 1.165) is 33.4 Å². The van der Waals surface area contributed by atoms with Crippen LogP contribution >= 0.6 is 0 Å². The number of hydrogen-bond acceptors (Lipinski definition) is 12. The van der Waals surface area contributed by atoms with Crippen molar-refractivity contribution in [2.75, 3.05) is 56.9 Å². The summed E-state index contributed by atoms with van der Waals surface area (Å²) >= 11 is 0. The number of esters is 2. The summed E-state index contributed by atoms with van der Waals surface area (Å²) in [6.45, 7) is 0.139. The van der Waals surface area contributed by atoms with E-state index in [-0.39, 0.29) is 38.0 Å². The number of methoxy groups -OCH3 is 8. The van der Waals surface area contributed by atoms with Gasteiger partial charge in [-0.15, -0.1) is 0 Å². The van der Waals surface area contributed by atoms with Gasteiger partial charge < -0.3 is 47.4 Å². The van der Waals surface area contributed by atoms with Gasteiger partial charge in [0.25, 0.3) is 0 Å². The highest BCUT2D eigenvalue weighted by molar-refractivity contribution is 5.79. The highest BCUT2D eigenvalue weighted by atomic mass is 16.5. The van der Waals surface area contributed by atoms with Crippen molar-refractivity contribution in [1.29, 1.82) is 0 Å². The Morgan fingerprint density at radius 2 is 0.712 bits per heavy atom. The minimum atomic E-state index is -0.389. The van der Waals surface area contributed by atoms with Gasteiger partial charge >= 0.3 is 11.9 Å². The topological polar surface area (TPSA) is 126 Å². The van der Waals surface area contributed by atoms with Crippen molar-refractivity contribution in [1.82, 2.24) is 0 Å². The molecule has 4 rings (SSSR count). The smallest absolute Gasteiger partial charge is 0.306 e. The van der Waals surface area contributed by atoms with E-state index in [1.807, 2.05) is 36.4 Å². The van der Waals surface area contributed by atoms with Gasteiger partial charge in [0.15, 0.2) is 46.0 Å². The molecule has 0 amide bonds. The molecule has 0 aliphatic rings. The predicted molar refractivity (Wildman–Crippen MR) is 193 cm³/mol. The van der Waals surface area contributed by atoms with Gasteiger partial charge in [-0.05, 0) is 94.8 Å². The maximum Gasteiger partial charge on any atom is 0.306 e. The minimum absolute atomic E-state index is 0.0694. The van der Waals surface area contributed by atoms with Crippen molar-refractivity contribution < 1.29 is 57.0 Å². The molecular formula is C40H46O12. The van der Waals surface area contributed by atoms with Gasteiger partial charge in [0.1, 0.15) is 13.2 Å². The van der Waals surface area contributed by atoms with Gasteiger partial charge in [0.2, 0.25) is 0 Å². The van der Waals surface area contributed by atoms with Crippen LogP contribution in [0.15, 0.2) is 60.7 Å². The normalized spacial score (nSPS) is 10.5. The number of carbonyl (C=O) groups excluding carboxylic acids is 2. The highest BCUT2D eigenvalue weighted by Crippen LogP contribution is 2.42. The van der Waals surface area contributed by atoms with Crippen LogP contribution in [0.3, 0.4) is 0 Å². The Morgan fingerprint density at radius 3 is 1.04 bits per heavy atom. The number of benzene rings is 4. The van der Waals surface area contributed by atoms with Crippen LogP contribution in [0.25, 0.3) is 11.1 Å². The van der Waals surface area contributed by atoms with E-state index in [0.29, 0.717) is 58.8 Å². The van der Waals surface area contributed by atoms with Crippen LogP contribution in [0.4, 0.5) is 0 Å². The Morgan fingerprint density at radius 1 is 0.404 bits per heavy atom. The van der Waals surface area contributed by atoms with Crippen LogP contribution < -0.4 is 37.9 Å². The Hall–Kier alpha value is -5.78. The minimum Gasteiger partial charge on any atom is -0.493 e. The van der Waals surface area contributed by atoms with Crippen molar-refractivity contribution in [3.05, 3.63) is 82.9 Å². The standard InChI is InChI=1S/C40H46O12/c1-43-31-13-9-25(17-33(31)45-3)23-51-39(41)15-11-27-19-35(47-5)37(49-7)21-29(27)30-22-38(50-8)36(48-6)20-28(30)12-16-40(42)52-24-26-10-14-32(44-2)34(18-26)46-4/h9-10,13-14,17-22H,11-12,15-16,23-24H2,1-8H3. The molecule has 0 N–H and O–H groups in total. The van der Waals surface area contributed by atoms with Crippen LogP contribution in [-0.4, -0.2) is 68.8 Å². The Bertz CT molecular complexity index is 1700. The molecule has 0 heterocycles. The Labute approximate surface area is 304 Å². The zero-order valence-electron chi connectivity index (χ0n) is 30.9. The van der Waals surface area contributed by atoms with Crippen molar-refractivity contribution >= 4 is 11.9 Å². The number of hydrogen-bond donors (Lipinski definition) is 0. The fraction of sp³-hybridized carbons (Fsp3) is 0.350. The highest BCUT2D eigenvalue weighted by Gasteiger charge is 2.21. The molecule has 0 aliphatic carbocycles. The Balaban J connectivity index is 1.57. The first kappa shape index (κ1) is 39.0. The summed E-state index contributed by atoms with van der Waals surface area (Å²) < 4.78 is 55.1. The molecular weight excluding hydrogens is 672 g/mol. The molecule has 52 heavy (non-hydrogen) atoms. The SMILES string of the molecule is COc1ccc(COC(=O)CCc2cc(OC)c(OC)cc2-c2cc(OC)c(OC)cc2CCC(=O)OCc2ccc(OC)c(OC)c2)cc1OC. The molecule has 0 unspecified atom stereocenters. The molecule has 278 valence electrons. The van der Waals surface area contributed by atoms with Crippen LogP contribution in [0.2, 0.25) is 0 Å². The molecule has 0 radical (unpaired) electrons. The third-order valence-electron chi connectivity index (χ3n) is 8.40. The lowest BCUT2D eigenvalue weighted by atomic mass is 9.90. The molecule has 0 aromatic heterocycles. The van der Waals surface area contributed by atoms with E-state index >= 15 is 0 Å². The fourth-order valence-corrected chi connectivity index (χ4v) is 5.64. The maximum atomic E-state index is 13.0. The fourth-order valence-electron chi connectivity index (χ4n) is 5.64. The summed E-state index contributed by atoms with van der Waals surface area (Å²) in [6, 6.07) is 18.1. The molecule has 12 nitrogen and oxygen atoms in total. The second-order valence-electron chi connectivity index (χ2n) is 11.4. The summed E-state index contributed by atoms with van der Waals surface area (Å²) in [7, 11) is 12.4. The molecule has 0 atom stereocenters. The summed E-state index contributed by atoms with van der Waals surface area (Å²) in [5.41, 5.74) is 4.64. The zero-order chi connectivity index (χ0) is 37.6. The Kier molecular flexibility index (Phi) is 14.3. The molecule has 0 bridgehead atoms. The molecule has 0 saturated heterocycles. The van der Waals surface area contributed by atoms with Gasteiger partial charge in [-0.1, -0.05) is 12.1 Å². The van der Waals surface area contributed by atoms with E-state index in [4.69, 9.17) is 47.4 Å².